The minimum Gasteiger partial charge on any atom is -0.381 e. The molecule has 0 aromatic heterocycles. The number of hydrogen-bond acceptors (Lipinski definition) is 3. The fraction of sp³-hybridized carbons (Fsp3) is 0.579. The van der Waals surface area contributed by atoms with Gasteiger partial charge in [-0.2, -0.15) is 0 Å². The Balaban J connectivity index is 2.06. The summed E-state index contributed by atoms with van der Waals surface area (Å²) in [5.74, 6) is -0.248. The molecule has 1 aliphatic heterocycles. The lowest BCUT2D eigenvalue weighted by atomic mass is 10.1. The van der Waals surface area contributed by atoms with E-state index >= 15 is 0 Å². The van der Waals surface area contributed by atoms with Crippen LogP contribution in [0.25, 0.3) is 0 Å². The van der Waals surface area contributed by atoms with Crippen molar-refractivity contribution in [2.75, 3.05) is 25.1 Å². The smallest absolute Gasteiger partial charge is 0.244 e. The van der Waals surface area contributed by atoms with Crippen molar-refractivity contribution in [3.63, 3.8) is 0 Å². The largest absolute Gasteiger partial charge is 0.381 e. The average molecular weight is 332 g/mol. The molecule has 0 bridgehead atoms. The van der Waals surface area contributed by atoms with Crippen molar-refractivity contribution in [2.45, 2.75) is 46.6 Å². The van der Waals surface area contributed by atoms with Crippen LogP contribution >= 0.6 is 0 Å². The molecule has 5 nitrogen and oxygen atoms in total. The fourth-order valence-electron chi connectivity index (χ4n) is 2.87. The Morgan fingerprint density at radius 2 is 2.12 bits per heavy atom. The number of nitrogens with one attached hydrogen (secondary N) is 1. The molecule has 1 fully saturated rings. The molecule has 0 unspecified atom stereocenters. The lowest BCUT2D eigenvalue weighted by Crippen LogP contribution is -2.46. The summed E-state index contributed by atoms with van der Waals surface area (Å²) in [5.41, 5.74) is 2.99. The van der Waals surface area contributed by atoms with Crippen molar-refractivity contribution in [3.8, 4) is 0 Å². The zero-order chi connectivity index (χ0) is 17.7. The van der Waals surface area contributed by atoms with E-state index in [1.54, 1.807) is 4.90 Å². The summed E-state index contributed by atoms with van der Waals surface area (Å²) in [6.45, 7) is 9.18. The van der Waals surface area contributed by atoms with Crippen molar-refractivity contribution in [1.82, 2.24) is 4.90 Å². The van der Waals surface area contributed by atoms with E-state index < -0.39 is 0 Å². The van der Waals surface area contributed by atoms with Gasteiger partial charge >= 0.3 is 0 Å². The lowest BCUT2D eigenvalue weighted by Gasteiger charge is -2.30. The predicted molar refractivity (Wildman–Crippen MR) is 94.9 cm³/mol. The number of carbonyl (C=O) groups is 2. The van der Waals surface area contributed by atoms with Gasteiger partial charge in [-0.1, -0.05) is 19.1 Å². The Morgan fingerprint density at radius 1 is 1.38 bits per heavy atom. The van der Waals surface area contributed by atoms with E-state index in [9.17, 15) is 9.59 Å². The third kappa shape index (κ3) is 4.35. The van der Waals surface area contributed by atoms with E-state index in [1.165, 1.54) is 0 Å². The third-order valence-corrected chi connectivity index (χ3v) is 4.88. The molecule has 5 heteroatoms. The summed E-state index contributed by atoms with van der Waals surface area (Å²) < 4.78 is 5.32. The van der Waals surface area contributed by atoms with Gasteiger partial charge in [-0.15, -0.1) is 0 Å². The number of anilines is 1. The lowest BCUT2D eigenvalue weighted by molar-refractivity contribution is -0.140. The van der Waals surface area contributed by atoms with Crippen molar-refractivity contribution in [3.05, 3.63) is 29.3 Å². The van der Waals surface area contributed by atoms with Crippen LogP contribution in [-0.4, -0.2) is 42.5 Å². The minimum absolute atomic E-state index is 0.0259. The van der Waals surface area contributed by atoms with E-state index in [2.05, 4.69) is 5.32 Å². The van der Waals surface area contributed by atoms with Crippen molar-refractivity contribution < 1.29 is 14.3 Å². The molecule has 0 spiro atoms. The van der Waals surface area contributed by atoms with Crippen LogP contribution in [0.4, 0.5) is 5.69 Å². The molecular formula is C19H28N2O3. The van der Waals surface area contributed by atoms with Crippen molar-refractivity contribution in [1.29, 1.82) is 0 Å². The zero-order valence-corrected chi connectivity index (χ0v) is 15.1. The molecule has 1 aliphatic rings. The maximum absolute atomic E-state index is 12.7. The number of amides is 2. The van der Waals surface area contributed by atoms with Crippen molar-refractivity contribution >= 4 is 17.5 Å². The summed E-state index contributed by atoms with van der Waals surface area (Å²) >= 11 is 0. The Morgan fingerprint density at radius 3 is 2.75 bits per heavy atom. The molecule has 0 radical (unpaired) electrons. The number of ether oxygens (including phenoxy) is 1. The van der Waals surface area contributed by atoms with Crippen LogP contribution in [0.1, 0.15) is 37.8 Å². The first-order chi connectivity index (χ1) is 11.4. The van der Waals surface area contributed by atoms with Gasteiger partial charge in [0.1, 0.15) is 6.54 Å². The standard InChI is InChI=1S/C19H28N2O3/c1-5-14(3)21(19(23)16-9-10-24-12-16)11-18(22)20-17-8-6-7-13(2)15(17)4/h6-8,14,16H,5,9-12H2,1-4H3,(H,20,22)/t14-,16+/m1/s1. The van der Waals surface area contributed by atoms with Crippen molar-refractivity contribution in [2.24, 2.45) is 5.92 Å². The van der Waals surface area contributed by atoms with Crippen LogP contribution in [-0.2, 0) is 14.3 Å². The van der Waals surface area contributed by atoms with Crippen LogP contribution in [0, 0.1) is 19.8 Å². The van der Waals surface area contributed by atoms with Gasteiger partial charge in [0, 0.05) is 18.3 Å². The quantitative estimate of drug-likeness (QED) is 0.871. The molecule has 0 saturated carbocycles. The number of rotatable bonds is 6. The molecule has 2 rings (SSSR count). The monoisotopic (exact) mass is 332 g/mol. The van der Waals surface area contributed by atoms with Gasteiger partial charge in [0.15, 0.2) is 0 Å². The molecule has 1 N–H and O–H groups in total. The Kier molecular flexibility index (Phi) is 6.37. The van der Waals surface area contributed by atoms with Crippen LogP contribution in [0.15, 0.2) is 18.2 Å². The molecule has 1 aromatic rings. The molecular weight excluding hydrogens is 304 g/mol. The topological polar surface area (TPSA) is 58.6 Å². The van der Waals surface area contributed by atoms with E-state index in [0.717, 1.165) is 29.7 Å². The second kappa shape index (κ2) is 8.29. The second-order valence-corrected chi connectivity index (χ2v) is 6.58. The summed E-state index contributed by atoms with van der Waals surface area (Å²) in [4.78, 5) is 26.9. The summed E-state index contributed by atoms with van der Waals surface area (Å²) in [6.07, 6.45) is 1.56. The average Bonchev–Trinajstić information content (AvgIpc) is 3.10. The first-order valence-electron chi connectivity index (χ1n) is 8.68. The Bertz CT molecular complexity index is 594. The normalized spacial score (nSPS) is 18.2. The Labute approximate surface area is 144 Å². The number of aryl methyl sites for hydroxylation is 1. The predicted octanol–water partition coefficient (Wildman–Crippen LogP) is 2.91. The van der Waals surface area contributed by atoms with Crippen LogP contribution < -0.4 is 5.32 Å². The number of benzene rings is 1. The van der Waals surface area contributed by atoms with E-state index in [4.69, 9.17) is 4.74 Å². The highest BCUT2D eigenvalue weighted by molar-refractivity contribution is 5.95. The summed E-state index contributed by atoms with van der Waals surface area (Å²) in [6, 6.07) is 5.86. The zero-order valence-electron chi connectivity index (χ0n) is 15.1. The molecule has 2 amide bonds. The highest BCUT2D eigenvalue weighted by Gasteiger charge is 2.31. The molecule has 0 aliphatic carbocycles. The van der Waals surface area contributed by atoms with Crippen LogP contribution in [0.3, 0.4) is 0 Å². The fourth-order valence-corrected chi connectivity index (χ4v) is 2.87. The second-order valence-electron chi connectivity index (χ2n) is 6.58. The SMILES string of the molecule is CC[C@@H](C)N(CC(=O)Nc1cccc(C)c1C)C(=O)[C@H]1CCOC1. The van der Waals surface area contributed by atoms with Gasteiger partial charge in [0.05, 0.1) is 12.5 Å². The van der Waals surface area contributed by atoms with Crippen LogP contribution in [0.2, 0.25) is 0 Å². The summed E-state index contributed by atoms with van der Waals surface area (Å²) in [5, 5.41) is 2.94. The van der Waals surface area contributed by atoms with Gasteiger partial charge in [0.25, 0.3) is 0 Å². The molecule has 2 atom stereocenters. The third-order valence-electron chi connectivity index (χ3n) is 4.88. The molecule has 1 saturated heterocycles. The van der Waals surface area contributed by atoms with Gasteiger partial charge in [0.2, 0.25) is 11.8 Å². The first-order valence-corrected chi connectivity index (χ1v) is 8.68. The van der Waals surface area contributed by atoms with E-state index in [1.807, 2.05) is 45.9 Å². The highest BCUT2D eigenvalue weighted by atomic mass is 16.5. The molecule has 132 valence electrons. The number of nitrogens with zero attached hydrogens (tertiary/aromatic N) is 1. The minimum atomic E-state index is -0.156. The number of carbonyl (C=O) groups excluding carboxylic acids is 2. The van der Waals surface area contributed by atoms with E-state index in [0.29, 0.717) is 13.2 Å². The van der Waals surface area contributed by atoms with Gasteiger partial charge < -0.3 is 15.0 Å². The van der Waals surface area contributed by atoms with E-state index in [-0.39, 0.29) is 30.3 Å². The maximum atomic E-state index is 12.7. The maximum Gasteiger partial charge on any atom is 0.244 e. The van der Waals surface area contributed by atoms with Gasteiger partial charge in [-0.3, -0.25) is 9.59 Å². The molecule has 24 heavy (non-hydrogen) atoms. The summed E-state index contributed by atoms with van der Waals surface area (Å²) in [7, 11) is 0. The number of hydrogen-bond donors (Lipinski definition) is 1. The van der Waals surface area contributed by atoms with Gasteiger partial charge in [-0.25, -0.2) is 0 Å². The van der Waals surface area contributed by atoms with Crippen LogP contribution in [0.5, 0.6) is 0 Å². The molecule has 1 aromatic carbocycles. The molecule has 1 heterocycles. The highest BCUT2D eigenvalue weighted by Crippen LogP contribution is 2.20. The first kappa shape index (κ1) is 18.5. The van der Waals surface area contributed by atoms with Gasteiger partial charge in [-0.05, 0) is 50.8 Å². The Hall–Kier alpha value is -1.88.